The third-order valence-electron chi connectivity index (χ3n) is 2.84. The van der Waals surface area contributed by atoms with E-state index < -0.39 is 0 Å². The highest BCUT2D eigenvalue weighted by molar-refractivity contribution is 7.71. The van der Waals surface area contributed by atoms with E-state index in [1.807, 2.05) is 25.1 Å². The lowest BCUT2D eigenvalue weighted by Gasteiger charge is -2.06. The molecule has 6 heteroatoms. The molecule has 1 amide bonds. The minimum absolute atomic E-state index is 0.132. The summed E-state index contributed by atoms with van der Waals surface area (Å²) in [6, 6.07) is 7.43. The number of benzene rings is 1. The van der Waals surface area contributed by atoms with Crippen LogP contribution in [0.5, 0.6) is 0 Å². The van der Waals surface area contributed by atoms with Crippen molar-refractivity contribution in [1.82, 2.24) is 20.1 Å². The molecule has 0 atom stereocenters. The SMILES string of the molecule is C=CCn1c(CNC(=O)c2cccc(C)c2)n[nH]c1=S. The number of allylic oxidation sites excluding steroid dienone is 1. The number of aryl methyl sites for hydroxylation is 1. The van der Waals surface area contributed by atoms with Gasteiger partial charge in [0.1, 0.15) is 0 Å². The third kappa shape index (κ3) is 3.21. The second kappa shape index (κ2) is 6.29. The number of rotatable bonds is 5. The van der Waals surface area contributed by atoms with E-state index in [0.29, 0.717) is 29.2 Å². The fourth-order valence-corrected chi connectivity index (χ4v) is 2.08. The van der Waals surface area contributed by atoms with Gasteiger partial charge in [0.2, 0.25) is 0 Å². The molecule has 0 saturated heterocycles. The van der Waals surface area contributed by atoms with Crippen LogP contribution in [0.3, 0.4) is 0 Å². The molecule has 0 aliphatic heterocycles. The van der Waals surface area contributed by atoms with Gasteiger partial charge in [-0.1, -0.05) is 23.8 Å². The first-order valence-electron chi connectivity index (χ1n) is 6.21. The van der Waals surface area contributed by atoms with Gasteiger partial charge in [-0.2, -0.15) is 5.10 Å². The van der Waals surface area contributed by atoms with Crippen LogP contribution < -0.4 is 5.32 Å². The minimum atomic E-state index is -0.132. The van der Waals surface area contributed by atoms with Gasteiger partial charge in [-0.25, -0.2) is 0 Å². The lowest BCUT2D eigenvalue weighted by atomic mass is 10.1. The smallest absolute Gasteiger partial charge is 0.251 e. The van der Waals surface area contributed by atoms with Gasteiger partial charge < -0.3 is 5.32 Å². The topological polar surface area (TPSA) is 62.7 Å². The van der Waals surface area contributed by atoms with Gasteiger partial charge in [-0.15, -0.1) is 6.58 Å². The zero-order valence-corrected chi connectivity index (χ0v) is 12.0. The van der Waals surface area contributed by atoms with Crippen LogP contribution in [0.2, 0.25) is 0 Å². The number of aromatic amines is 1. The van der Waals surface area contributed by atoms with Crippen LogP contribution in [0.15, 0.2) is 36.9 Å². The number of H-pyrrole nitrogens is 1. The van der Waals surface area contributed by atoms with Gasteiger partial charge in [0.15, 0.2) is 10.6 Å². The number of aromatic nitrogens is 3. The fraction of sp³-hybridized carbons (Fsp3) is 0.214. The van der Waals surface area contributed by atoms with E-state index >= 15 is 0 Å². The summed E-state index contributed by atoms with van der Waals surface area (Å²) in [5.41, 5.74) is 1.68. The molecule has 1 aromatic carbocycles. The molecule has 104 valence electrons. The maximum atomic E-state index is 12.0. The largest absolute Gasteiger partial charge is 0.345 e. The Kier molecular flexibility index (Phi) is 4.47. The number of nitrogens with zero attached hydrogens (tertiary/aromatic N) is 2. The molecule has 0 fully saturated rings. The van der Waals surface area contributed by atoms with Crippen molar-refractivity contribution in [2.75, 3.05) is 0 Å². The van der Waals surface area contributed by atoms with Crippen molar-refractivity contribution in [3.63, 3.8) is 0 Å². The molecule has 2 N–H and O–H groups in total. The molecule has 1 heterocycles. The molecule has 0 unspecified atom stereocenters. The molecule has 2 aromatic rings. The highest BCUT2D eigenvalue weighted by Gasteiger charge is 2.09. The number of amides is 1. The Morgan fingerprint density at radius 2 is 2.40 bits per heavy atom. The molecule has 0 radical (unpaired) electrons. The van der Waals surface area contributed by atoms with Crippen molar-refractivity contribution in [1.29, 1.82) is 0 Å². The summed E-state index contributed by atoms with van der Waals surface area (Å²) in [6.07, 6.45) is 1.73. The molecule has 2 rings (SSSR count). The van der Waals surface area contributed by atoms with Gasteiger partial charge >= 0.3 is 0 Å². The molecule has 0 bridgehead atoms. The first-order valence-corrected chi connectivity index (χ1v) is 6.62. The van der Waals surface area contributed by atoms with Crippen LogP contribution in [0.4, 0.5) is 0 Å². The molecule has 0 spiro atoms. The fourth-order valence-electron chi connectivity index (χ4n) is 1.85. The summed E-state index contributed by atoms with van der Waals surface area (Å²) in [7, 11) is 0. The first-order chi connectivity index (χ1) is 9.61. The van der Waals surface area contributed by atoms with Crippen LogP contribution in [0, 0.1) is 11.7 Å². The maximum Gasteiger partial charge on any atom is 0.251 e. The number of carbonyl (C=O) groups is 1. The summed E-state index contributed by atoms with van der Waals surface area (Å²) >= 11 is 5.11. The molecule has 1 aromatic heterocycles. The van der Waals surface area contributed by atoms with Crippen LogP contribution in [0.25, 0.3) is 0 Å². The quantitative estimate of drug-likeness (QED) is 0.656. The highest BCUT2D eigenvalue weighted by Crippen LogP contribution is 2.04. The Bertz CT molecular complexity index is 686. The molecule has 0 saturated carbocycles. The molecule has 0 aliphatic rings. The Labute approximate surface area is 122 Å². The summed E-state index contributed by atoms with van der Waals surface area (Å²) < 4.78 is 2.31. The highest BCUT2D eigenvalue weighted by atomic mass is 32.1. The third-order valence-corrected chi connectivity index (χ3v) is 3.15. The number of carbonyl (C=O) groups excluding carboxylic acids is 1. The van der Waals surface area contributed by atoms with Gasteiger partial charge in [0.05, 0.1) is 6.54 Å². The van der Waals surface area contributed by atoms with Crippen LogP contribution in [-0.4, -0.2) is 20.7 Å². The second-order valence-corrected chi connectivity index (χ2v) is 4.78. The van der Waals surface area contributed by atoms with Crippen molar-refractivity contribution in [3.05, 3.63) is 58.6 Å². The zero-order chi connectivity index (χ0) is 14.5. The summed E-state index contributed by atoms with van der Waals surface area (Å²) in [5.74, 6) is 0.545. The van der Waals surface area contributed by atoms with Crippen molar-refractivity contribution < 1.29 is 4.79 Å². The zero-order valence-electron chi connectivity index (χ0n) is 11.2. The Hall–Kier alpha value is -2.21. The maximum absolute atomic E-state index is 12.0. The predicted octanol–water partition coefficient (Wildman–Crippen LogP) is 2.37. The lowest BCUT2D eigenvalue weighted by molar-refractivity contribution is 0.0949. The number of nitrogens with one attached hydrogen (secondary N) is 2. The Morgan fingerprint density at radius 3 is 3.10 bits per heavy atom. The van der Waals surface area contributed by atoms with E-state index in [1.54, 1.807) is 16.7 Å². The van der Waals surface area contributed by atoms with Gasteiger partial charge in [0.25, 0.3) is 5.91 Å². The second-order valence-electron chi connectivity index (χ2n) is 4.40. The number of hydrogen-bond donors (Lipinski definition) is 2. The Morgan fingerprint density at radius 1 is 1.60 bits per heavy atom. The van der Waals surface area contributed by atoms with E-state index in [2.05, 4.69) is 22.1 Å². The van der Waals surface area contributed by atoms with Crippen LogP contribution in [-0.2, 0) is 13.1 Å². The summed E-state index contributed by atoms with van der Waals surface area (Å²) in [4.78, 5) is 12.0. The first kappa shape index (κ1) is 14.2. The van der Waals surface area contributed by atoms with Crippen molar-refractivity contribution in [2.45, 2.75) is 20.0 Å². The van der Waals surface area contributed by atoms with Crippen LogP contribution >= 0.6 is 12.2 Å². The van der Waals surface area contributed by atoms with Crippen molar-refractivity contribution in [3.8, 4) is 0 Å². The minimum Gasteiger partial charge on any atom is -0.345 e. The van der Waals surface area contributed by atoms with E-state index in [4.69, 9.17) is 12.2 Å². The molecular formula is C14H16N4OS. The molecule has 5 nitrogen and oxygen atoms in total. The van der Waals surface area contributed by atoms with Crippen LogP contribution in [0.1, 0.15) is 21.7 Å². The van der Waals surface area contributed by atoms with E-state index in [0.717, 1.165) is 5.56 Å². The number of hydrogen-bond acceptors (Lipinski definition) is 3. The summed E-state index contributed by atoms with van der Waals surface area (Å²) in [6.45, 7) is 6.50. The Balaban J connectivity index is 2.07. The average Bonchev–Trinajstić information content (AvgIpc) is 2.78. The monoisotopic (exact) mass is 288 g/mol. The van der Waals surface area contributed by atoms with E-state index in [1.165, 1.54) is 0 Å². The van der Waals surface area contributed by atoms with E-state index in [9.17, 15) is 4.79 Å². The van der Waals surface area contributed by atoms with E-state index in [-0.39, 0.29) is 5.91 Å². The average molecular weight is 288 g/mol. The van der Waals surface area contributed by atoms with Crippen molar-refractivity contribution in [2.24, 2.45) is 0 Å². The standard InChI is InChI=1S/C14H16N4OS/c1-3-7-18-12(16-17-14(18)20)9-15-13(19)11-6-4-5-10(2)8-11/h3-6,8H,1,7,9H2,2H3,(H,15,19)(H,17,20). The molecule has 0 aliphatic carbocycles. The molecular weight excluding hydrogens is 272 g/mol. The van der Waals surface area contributed by atoms with Gasteiger partial charge in [0, 0.05) is 12.1 Å². The van der Waals surface area contributed by atoms with Crippen molar-refractivity contribution >= 4 is 18.1 Å². The summed E-state index contributed by atoms with van der Waals surface area (Å²) in [5, 5.41) is 9.64. The van der Waals surface area contributed by atoms with Gasteiger partial charge in [-0.3, -0.25) is 14.5 Å². The molecule has 20 heavy (non-hydrogen) atoms. The lowest BCUT2D eigenvalue weighted by Crippen LogP contribution is -2.24. The predicted molar refractivity (Wildman–Crippen MR) is 80.0 cm³/mol. The van der Waals surface area contributed by atoms with Gasteiger partial charge in [-0.05, 0) is 31.3 Å². The normalized spacial score (nSPS) is 10.2.